The summed E-state index contributed by atoms with van der Waals surface area (Å²) in [4.78, 5) is 21.7. The molecule has 0 aliphatic heterocycles. The van der Waals surface area contributed by atoms with Gasteiger partial charge in [-0.05, 0) is 10.3 Å². The first-order valence-electron chi connectivity index (χ1n) is 6.97. The molecular weight excluding hydrogens is 302 g/mol. The highest BCUT2D eigenvalue weighted by Crippen LogP contribution is 2.29. The molecule has 23 heavy (non-hydrogen) atoms. The van der Waals surface area contributed by atoms with Crippen LogP contribution in [0.1, 0.15) is 35.1 Å². The van der Waals surface area contributed by atoms with Gasteiger partial charge in [0, 0.05) is 26.0 Å². The van der Waals surface area contributed by atoms with Gasteiger partial charge in [-0.1, -0.05) is 12.1 Å². The van der Waals surface area contributed by atoms with Crippen molar-refractivity contribution in [1.29, 1.82) is 0 Å². The van der Waals surface area contributed by atoms with Gasteiger partial charge in [-0.2, -0.15) is 0 Å². The van der Waals surface area contributed by atoms with Crippen molar-refractivity contribution in [1.82, 2.24) is 4.73 Å². The Morgan fingerprint density at radius 2 is 2.09 bits per heavy atom. The van der Waals surface area contributed by atoms with E-state index in [-0.39, 0.29) is 12.1 Å². The molecule has 0 aliphatic carbocycles. The Kier molecular flexibility index (Phi) is 4.35. The monoisotopic (exact) mass is 320 g/mol. The molecule has 1 atom stereocenters. The number of carboxylic acids is 1. The second-order valence-electron chi connectivity index (χ2n) is 5.40. The number of hydrogen-bond acceptors (Lipinski definition) is 4. The highest BCUT2D eigenvalue weighted by atomic mass is 16.6. The van der Waals surface area contributed by atoms with E-state index >= 15 is 0 Å². The molecular formula is C15H18N3O5+. The summed E-state index contributed by atoms with van der Waals surface area (Å²) in [6.45, 7) is 3.51. The van der Waals surface area contributed by atoms with Gasteiger partial charge >= 0.3 is 11.8 Å². The first-order chi connectivity index (χ1) is 10.7. The number of nitro groups is 1. The lowest BCUT2D eigenvalue weighted by atomic mass is 9.94. The number of imidazole rings is 1. The number of carboxylic acid groups (broad SMARTS) is 1. The molecule has 0 saturated carbocycles. The minimum absolute atomic E-state index is 0.120. The lowest BCUT2D eigenvalue weighted by Gasteiger charge is -2.12. The zero-order valence-electron chi connectivity index (χ0n) is 13.1. The van der Waals surface area contributed by atoms with Crippen molar-refractivity contribution in [2.45, 2.75) is 26.2 Å². The van der Waals surface area contributed by atoms with Gasteiger partial charge in [0.15, 0.2) is 5.69 Å². The summed E-state index contributed by atoms with van der Waals surface area (Å²) in [5, 5.41) is 30.5. The molecule has 0 aliphatic rings. The Hall–Kier alpha value is -2.90. The highest BCUT2D eigenvalue weighted by Gasteiger charge is 2.34. The van der Waals surface area contributed by atoms with E-state index in [1.54, 1.807) is 31.5 Å². The van der Waals surface area contributed by atoms with Gasteiger partial charge in [-0.3, -0.25) is 14.9 Å². The average molecular weight is 320 g/mol. The van der Waals surface area contributed by atoms with E-state index in [0.717, 1.165) is 10.4 Å². The summed E-state index contributed by atoms with van der Waals surface area (Å²) in [7, 11) is 1.72. The van der Waals surface area contributed by atoms with Crippen LogP contribution in [-0.4, -0.2) is 25.9 Å². The van der Waals surface area contributed by atoms with Crippen molar-refractivity contribution in [2.75, 3.05) is 0 Å². The number of nitro benzene ring substituents is 1. The maximum absolute atomic E-state index is 11.3. The van der Waals surface area contributed by atoms with Crippen LogP contribution in [0.4, 0.5) is 5.69 Å². The van der Waals surface area contributed by atoms with Crippen LogP contribution >= 0.6 is 0 Å². The number of hydrogen-bond donors (Lipinski definition) is 2. The van der Waals surface area contributed by atoms with Gasteiger partial charge in [-0.25, -0.2) is 4.57 Å². The molecule has 0 amide bonds. The van der Waals surface area contributed by atoms with E-state index in [0.29, 0.717) is 17.1 Å². The Morgan fingerprint density at radius 1 is 1.43 bits per heavy atom. The third kappa shape index (κ3) is 3.01. The van der Waals surface area contributed by atoms with E-state index in [1.807, 2.05) is 0 Å². The zero-order chi connectivity index (χ0) is 17.3. The third-order valence-electron chi connectivity index (χ3n) is 4.08. The van der Waals surface area contributed by atoms with Crippen molar-refractivity contribution in [3.05, 3.63) is 57.2 Å². The molecule has 1 aromatic carbocycles. The number of rotatable bonds is 5. The van der Waals surface area contributed by atoms with Crippen molar-refractivity contribution >= 4 is 11.7 Å². The SMILES string of the molecule is Cc1c(C)[n+](C)c([C@@H](CC(=O)O)c2cccc([N+](=O)[O-])c2)n1O. The normalized spacial score (nSPS) is 12.1. The number of non-ortho nitro benzene ring substituents is 1. The third-order valence-corrected chi connectivity index (χ3v) is 4.08. The lowest BCUT2D eigenvalue weighted by molar-refractivity contribution is -0.686. The molecule has 0 fully saturated rings. The quantitative estimate of drug-likeness (QED) is 0.377. The average Bonchev–Trinajstić information content (AvgIpc) is 2.69. The van der Waals surface area contributed by atoms with Crippen molar-refractivity contribution in [3.63, 3.8) is 0 Å². The van der Waals surface area contributed by atoms with Crippen LogP contribution in [0, 0.1) is 24.0 Å². The van der Waals surface area contributed by atoms with E-state index < -0.39 is 16.8 Å². The smallest absolute Gasteiger partial charge is 0.304 e. The van der Waals surface area contributed by atoms with Crippen LogP contribution in [-0.2, 0) is 11.8 Å². The summed E-state index contributed by atoms with van der Waals surface area (Å²) in [6, 6.07) is 5.81. The van der Waals surface area contributed by atoms with Gasteiger partial charge in [0.1, 0.15) is 11.6 Å². The van der Waals surface area contributed by atoms with Gasteiger partial charge in [0.2, 0.25) is 0 Å². The zero-order valence-corrected chi connectivity index (χ0v) is 13.1. The van der Waals surface area contributed by atoms with Crippen molar-refractivity contribution < 1.29 is 24.6 Å². The molecule has 122 valence electrons. The van der Waals surface area contributed by atoms with Crippen LogP contribution in [0.25, 0.3) is 0 Å². The standard InChI is InChI=1S/C15H17N3O5/c1-9-10(2)17(21)15(16(9)3)13(8-14(19)20)11-5-4-6-12(7-11)18(22)23/h4-7,13H,8H2,1-3H3,(H-,19,20,21)/p+1/t13-/m0/s1. The van der Waals surface area contributed by atoms with E-state index in [9.17, 15) is 25.2 Å². The number of benzene rings is 1. The maximum Gasteiger partial charge on any atom is 0.304 e. The molecule has 0 unspecified atom stereocenters. The Balaban J connectivity index is 2.63. The van der Waals surface area contributed by atoms with Gasteiger partial charge in [0.25, 0.3) is 5.69 Å². The molecule has 8 nitrogen and oxygen atoms in total. The van der Waals surface area contributed by atoms with E-state index in [2.05, 4.69) is 0 Å². The molecule has 0 bridgehead atoms. The lowest BCUT2D eigenvalue weighted by Crippen LogP contribution is -2.37. The van der Waals surface area contributed by atoms with E-state index in [1.165, 1.54) is 18.2 Å². The minimum atomic E-state index is -1.06. The molecule has 0 radical (unpaired) electrons. The molecule has 2 N–H and O–H groups in total. The van der Waals surface area contributed by atoms with Crippen molar-refractivity contribution in [2.24, 2.45) is 7.05 Å². The van der Waals surface area contributed by atoms with Crippen LogP contribution < -0.4 is 4.57 Å². The van der Waals surface area contributed by atoms with E-state index in [4.69, 9.17) is 0 Å². The minimum Gasteiger partial charge on any atom is -0.481 e. The fraction of sp³-hybridized carbons (Fsp3) is 0.333. The fourth-order valence-electron chi connectivity index (χ4n) is 2.65. The molecule has 0 saturated heterocycles. The molecule has 1 heterocycles. The summed E-state index contributed by atoms with van der Waals surface area (Å²) < 4.78 is 2.64. The summed E-state index contributed by atoms with van der Waals surface area (Å²) >= 11 is 0. The van der Waals surface area contributed by atoms with Crippen LogP contribution in [0.2, 0.25) is 0 Å². The fourth-order valence-corrected chi connectivity index (χ4v) is 2.65. The number of nitrogens with zero attached hydrogens (tertiary/aromatic N) is 3. The van der Waals surface area contributed by atoms with Gasteiger partial charge in [-0.15, -0.1) is 0 Å². The highest BCUT2D eigenvalue weighted by molar-refractivity contribution is 5.68. The Bertz CT molecular complexity index is 756. The molecule has 0 spiro atoms. The summed E-state index contributed by atoms with van der Waals surface area (Å²) in [6.07, 6.45) is -0.293. The maximum atomic E-state index is 11.3. The van der Waals surface area contributed by atoms with Gasteiger partial charge < -0.3 is 10.3 Å². The van der Waals surface area contributed by atoms with Crippen molar-refractivity contribution in [3.8, 4) is 0 Å². The predicted octanol–water partition coefficient (Wildman–Crippen LogP) is 1.68. The first kappa shape index (κ1) is 16.5. The molecule has 1 aromatic heterocycles. The predicted molar refractivity (Wildman–Crippen MR) is 79.5 cm³/mol. The Labute approximate surface area is 132 Å². The molecule has 2 aromatic rings. The van der Waals surface area contributed by atoms with Gasteiger partial charge in [0.05, 0.1) is 18.4 Å². The topological polar surface area (TPSA) is 109 Å². The molecule has 2 rings (SSSR count). The molecule has 8 heteroatoms. The second-order valence-corrected chi connectivity index (χ2v) is 5.40. The Morgan fingerprint density at radius 3 is 2.57 bits per heavy atom. The summed E-state index contributed by atoms with van der Waals surface area (Å²) in [5.41, 5.74) is 1.71. The number of carbonyl (C=O) groups is 1. The first-order valence-corrected chi connectivity index (χ1v) is 6.97. The second kappa shape index (κ2) is 6.07. The number of aliphatic carboxylic acids is 1. The van der Waals surface area contributed by atoms with Crippen LogP contribution in [0.3, 0.4) is 0 Å². The number of aromatic nitrogens is 2. The van der Waals surface area contributed by atoms with Crippen LogP contribution in [0.15, 0.2) is 24.3 Å². The van der Waals surface area contributed by atoms with Crippen LogP contribution in [0.5, 0.6) is 0 Å². The summed E-state index contributed by atoms with van der Waals surface area (Å²) in [5.74, 6) is -1.41. The largest absolute Gasteiger partial charge is 0.481 e.